The van der Waals surface area contributed by atoms with E-state index in [0.717, 1.165) is 28.2 Å². The molecule has 0 fully saturated rings. The number of allylic oxidation sites excluding steroid dienone is 1. The summed E-state index contributed by atoms with van der Waals surface area (Å²) in [6, 6.07) is 6.02. The molecule has 34 heavy (non-hydrogen) atoms. The van der Waals surface area contributed by atoms with Crippen molar-refractivity contribution in [3.05, 3.63) is 58.4 Å². The number of carbonyl (C=O) groups is 2. The zero-order valence-corrected chi connectivity index (χ0v) is 21.2. The van der Waals surface area contributed by atoms with Crippen molar-refractivity contribution in [2.75, 3.05) is 17.7 Å². The molecule has 11 heteroatoms. The van der Waals surface area contributed by atoms with Crippen LogP contribution in [0.25, 0.3) is 0 Å². The molecule has 0 aliphatic carbocycles. The highest BCUT2D eigenvalue weighted by molar-refractivity contribution is 7.99. The van der Waals surface area contributed by atoms with Crippen molar-refractivity contribution in [1.82, 2.24) is 19.7 Å². The normalized spacial score (nSPS) is 10.7. The molecule has 0 saturated carbocycles. The van der Waals surface area contributed by atoms with Gasteiger partial charge in [0.2, 0.25) is 5.91 Å². The number of aryl methyl sites for hydroxylation is 3. The minimum Gasteiger partial charge on any atom is -0.486 e. The van der Waals surface area contributed by atoms with Gasteiger partial charge in [-0.3, -0.25) is 9.36 Å². The van der Waals surface area contributed by atoms with Gasteiger partial charge in [-0.05, 0) is 51.0 Å². The van der Waals surface area contributed by atoms with Crippen molar-refractivity contribution in [3.8, 4) is 5.75 Å². The molecule has 1 aromatic carbocycles. The van der Waals surface area contributed by atoms with E-state index in [1.807, 2.05) is 30.5 Å². The molecule has 9 nitrogen and oxygen atoms in total. The van der Waals surface area contributed by atoms with Crippen LogP contribution in [0.15, 0.2) is 36.0 Å². The fourth-order valence-electron chi connectivity index (χ4n) is 3.13. The van der Waals surface area contributed by atoms with Crippen molar-refractivity contribution in [3.63, 3.8) is 0 Å². The van der Waals surface area contributed by atoms with E-state index in [1.165, 1.54) is 11.8 Å². The number of carbonyl (C=O) groups excluding carboxylic acids is 2. The lowest BCUT2D eigenvalue weighted by atomic mass is 10.1. The fourth-order valence-corrected chi connectivity index (χ4v) is 4.77. The molecule has 0 aliphatic rings. The van der Waals surface area contributed by atoms with Gasteiger partial charge >= 0.3 is 5.97 Å². The average molecular weight is 502 g/mol. The molecule has 0 unspecified atom stereocenters. The number of hydrogen-bond acceptors (Lipinski definition) is 9. The summed E-state index contributed by atoms with van der Waals surface area (Å²) < 4.78 is 12.8. The zero-order chi connectivity index (χ0) is 24.7. The lowest BCUT2D eigenvalue weighted by molar-refractivity contribution is -0.113. The van der Waals surface area contributed by atoms with Crippen LogP contribution >= 0.6 is 23.1 Å². The van der Waals surface area contributed by atoms with Gasteiger partial charge in [-0.25, -0.2) is 9.78 Å². The van der Waals surface area contributed by atoms with E-state index in [4.69, 9.17) is 9.47 Å². The number of hydrogen-bond donors (Lipinski definition) is 1. The van der Waals surface area contributed by atoms with E-state index < -0.39 is 5.97 Å². The predicted molar refractivity (Wildman–Crippen MR) is 133 cm³/mol. The quantitative estimate of drug-likeness (QED) is 0.235. The molecule has 180 valence electrons. The Morgan fingerprint density at radius 3 is 2.62 bits per heavy atom. The van der Waals surface area contributed by atoms with Crippen LogP contribution in [-0.2, 0) is 22.7 Å². The Morgan fingerprint density at radius 2 is 1.94 bits per heavy atom. The van der Waals surface area contributed by atoms with Gasteiger partial charge in [0.25, 0.3) is 0 Å². The molecule has 0 radical (unpaired) electrons. The molecular weight excluding hydrogens is 474 g/mol. The monoisotopic (exact) mass is 501 g/mol. The second-order valence-corrected chi connectivity index (χ2v) is 9.34. The number of ether oxygens (including phenoxy) is 2. The van der Waals surface area contributed by atoms with Crippen molar-refractivity contribution in [2.45, 2.75) is 46.0 Å². The van der Waals surface area contributed by atoms with Gasteiger partial charge < -0.3 is 14.8 Å². The maximum atomic E-state index is 12.5. The smallest absolute Gasteiger partial charge is 0.350 e. The van der Waals surface area contributed by atoms with E-state index in [0.29, 0.717) is 33.2 Å². The Morgan fingerprint density at radius 1 is 1.21 bits per heavy atom. The number of benzene rings is 1. The second kappa shape index (κ2) is 11.8. The largest absolute Gasteiger partial charge is 0.486 e. The van der Waals surface area contributed by atoms with E-state index in [-0.39, 0.29) is 24.9 Å². The molecule has 3 aromatic rings. The summed E-state index contributed by atoms with van der Waals surface area (Å²) in [5.41, 5.74) is 2.76. The zero-order valence-electron chi connectivity index (χ0n) is 19.6. The summed E-state index contributed by atoms with van der Waals surface area (Å²) in [6.45, 7) is 12.3. The molecule has 2 heterocycles. The maximum absolute atomic E-state index is 12.5. The summed E-state index contributed by atoms with van der Waals surface area (Å²) >= 11 is 2.34. The number of esters is 1. The molecule has 0 atom stereocenters. The Bertz CT molecular complexity index is 1170. The Kier molecular flexibility index (Phi) is 8.83. The van der Waals surface area contributed by atoms with Crippen LogP contribution in [0.3, 0.4) is 0 Å². The highest BCUT2D eigenvalue weighted by atomic mass is 32.2. The first-order chi connectivity index (χ1) is 16.3. The number of amides is 1. The number of thioether (sulfide) groups is 1. The van der Waals surface area contributed by atoms with Crippen LogP contribution in [0.5, 0.6) is 5.75 Å². The number of rotatable bonds is 11. The lowest BCUT2D eigenvalue weighted by Gasteiger charge is -2.10. The minimum absolute atomic E-state index is 0.0978. The molecule has 1 amide bonds. The second-order valence-electron chi connectivity index (χ2n) is 7.40. The van der Waals surface area contributed by atoms with Gasteiger partial charge in [-0.1, -0.05) is 35.2 Å². The number of anilines is 1. The number of nitrogens with one attached hydrogen (secondary N) is 1. The summed E-state index contributed by atoms with van der Waals surface area (Å²) in [5.74, 6) is 0.785. The Balaban J connectivity index is 1.61. The first-order valence-electron chi connectivity index (χ1n) is 10.6. The highest BCUT2D eigenvalue weighted by Gasteiger charge is 2.19. The molecular formula is C23H27N5O4S2. The van der Waals surface area contributed by atoms with Crippen LogP contribution in [0.2, 0.25) is 0 Å². The number of aromatic nitrogens is 4. The molecule has 2 aromatic heterocycles. The number of thiazole rings is 1. The maximum Gasteiger partial charge on any atom is 0.350 e. The molecule has 0 aliphatic heterocycles. The van der Waals surface area contributed by atoms with Gasteiger partial charge in [0.15, 0.2) is 16.1 Å². The van der Waals surface area contributed by atoms with Crippen molar-refractivity contribution in [1.29, 1.82) is 0 Å². The summed E-state index contributed by atoms with van der Waals surface area (Å²) in [5, 5.41) is 12.1. The van der Waals surface area contributed by atoms with Crippen LogP contribution in [0.4, 0.5) is 5.13 Å². The molecule has 0 spiro atoms. The summed E-state index contributed by atoms with van der Waals surface area (Å²) in [7, 11) is 0. The first kappa shape index (κ1) is 25.4. The minimum atomic E-state index is -0.444. The number of nitrogens with zero attached hydrogens (tertiary/aromatic N) is 4. The Labute approximate surface area is 206 Å². The molecule has 0 bridgehead atoms. The van der Waals surface area contributed by atoms with E-state index in [2.05, 4.69) is 33.1 Å². The van der Waals surface area contributed by atoms with Gasteiger partial charge in [-0.2, -0.15) is 0 Å². The van der Waals surface area contributed by atoms with E-state index in [1.54, 1.807) is 19.9 Å². The van der Waals surface area contributed by atoms with Crippen LogP contribution < -0.4 is 10.1 Å². The van der Waals surface area contributed by atoms with Gasteiger partial charge in [0.1, 0.15) is 17.2 Å². The third kappa shape index (κ3) is 6.67. The average Bonchev–Trinajstić information content (AvgIpc) is 3.33. The third-order valence-corrected chi connectivity index (χ3v) is 6.52. The van der Waals surface area contributed by atoms with E-state index >= 15 is 0 Å². The van der Waals surface area contributed by atoms with Crippen molar-refractivity contribution < 1.29 is 19.1 Å². The van der Waals surface area contributed by atoms with Crippen LogP contribution in [0, 0.1) is 20.8 Å². The molecule has 3 rings (SSSR count). The van der Waals surface area contributed by atoms with E-state index in [9.17, 15) is 9.59 Å². The SMILES string of the molecule is C=CCn1c(COc2cc(C)cc(C)c2)nnc1SCC(=O)Nc1nc(C)c(C(=O)OCC)s1. The predicted octanol–water partition coefficient (Wildman–Crippen LogP) is 4.33. The fraction of sp³-hybridized carbons (Fsp3) is 0.348. The standard InChI is InChI=1S/C23H27N5O4S2/c1-6-8-28-18(12-32-17-10-14(3)9-15(4)11-17)26-27-23(28)33-13-19(29)25-22-24-16(5)20(34-22)21(30)31-7-2/h6,9-11H,1,7-8,12-13H2,2-5H3,(H,24,25,29). The lowest BCUT2D eigenvalue weighted by Crippen LogP contribution is -2.15. The van der Waals surface area contributed by atoms with Crippen LogP contribution in [0.1, 0.15) is 39.2 Å². The van der Waals surface area contributed by atoms with Crippen molar-refractivity contribution >= 4 is 40.1 Å². The molecule has 1 N–H and O–H groups in total. The van der Waals surface area contributed by atoms with Crippen LogP contribution in [-0.4, -0.2) is 44.0 Å². The van der Waals surface area contributed by atoms with Gasteiger partial charge in [0.05, 0.1) is 18.1 Å². The van der Waals surface area contributed by atoms with Gasteiger partial charge in [0, 0.05) is 6.54 Å². The molecule has 0 saturated heterocycles. The Hall–Kier alpha value is -3.18. The summed E-state index contributed by atoms with van der Waals surface area (Å²) in [4.78, 5) is 29.0. The topological polar surface area (TPSA) is 108 Å². The summed E-state index contributed by atoms with van der Waals surface area (Å²) in [6.07, 6.45) is 1.74. The van der Waals surface area contributed by atoms with Crippen molar-refractivity contribution in [2.24, 2.45) is 0 Å². The first-order valence-corrected chi connectivity index (χ1v) is 12.4. The highest BCUT2D eigenvalue weighted by Crippen LogP contribution is 2.25. The third-order valence-electron chi connectivity index (χ3n) is 4.50. The van der Waals surface area contributed by atoms with Gasteiger partial charge in [-0.15, -0.1) is 16.8 Å².